The van der Waals surface area contributed by atoms with Gasteiger partial charge >= 0.3 is 29.2 Å². The first kappa shape index (κ1) is 24.8. The number of nitriles is 1. The zero-order valence-electron chi connectivity index (χ0n) is 14.4. The van der Waals surface area contributed by atoms with E-state index in [1.807, 2.05) is 4.98 Å². The van der Waals surface area contributed by atoms with Crippen LogP contribution in [0.1, 0.15) is 18.2 Å². The molecule has 0 amide bonds. The Balaban J connectivity index is 2.06. The molecule has 30 heavy (non-hydrogen) atoms. The number of hydrogen-bond acceptors (Lipinski definition) is 11. The summed E-state index contributed by atoms with van der Waals surface area (Å²) in [6.45, 7) is -0.940. The first-order chi connectivity index (χ1) is 13.6. The first-order valence-corrected chi connectivity index (χ1v) is 12.0. The Labute approximate surface area is 165 Å². The van der Waals surface area contributed by atoms with E-state index in [0.29, 0.717) is 0 Å². The molecule has 2 heterocycles. The van der Waals surface area contributed by atoms with Gasteiger partial charge in [-0.05, 0) is 0 Å². The Morgan fingerprint density at radius 2 is 1.83 bits per heavy atom. The van der Waals surface area contributed by atoms with Crippen LogP contribution in [0.2, 0.25) is 0 Å². The fourth-order valence-corrected chi connectivity index (χ4v) is 5.32. The lowest BCUT2D eigenvalue weighted by Crippen LogP contribution is -2.33. The number of aliphatic hydroxyl groups is 1. The van der Waals surface area contributed by atoms with Gasteiger partial charge in [0.1, 0.15) is 24.0 Å². The van der Waals surface area contributed by atoms with Crippen LogP contribution in [0, 0.1) is 11.3 Å². The van der Waals surface area contributed by atoms with Gasteiger partial charge < -0.3 is 29.4 Å². The highest BCUT2D eigenvalue weighted by Gasteiger charge is 2.43. The first-order valence-electron chi connectivity index (χ1n) is 7.50. The lowest BCUT2D eigenvalue weighted by molar-refractivity contribution is -0.0450. The molecule has 6 N–H and O–H groups in total. The van der Waals surface area contributed by atoms with Gasteiger partial charge in [0.2, 0.25) is 0 Å². The molecule has 1 aromatic heterocycles. The van der Waals surface area contributed by atoms with Crippen LogP contribution in [0.25, 0.3) is 0 Å². The van der Waals surface area contributed by atoms with Gasteiger partial charge in [-0.1, -0.05) is 0 Å². The molecule has 0 aromatic carbocycles. The summed E-state index contributed by atoms with van der Waals surface area (Å²) in [6.07, 6.45) is -3.40. The van der Waals surface area contributed by atoms with Crippen molar-refractivity contribution in [2.75, 3.05) is 6.61 Å². The number of nitrogens with zero attached hydrogens (tertiary/aromatic N) is 2. The monoisotopic (exact) mass is 493 g/mol. The number of H-pyrrole nitrogens is 1. The van der Waals surface area contributed by atoms with Crippen molar-refractivity contribution in [1.29, 1.82) is 5.26 Å². The lowest BCUT2D eigenvalue weighted by atomic mass is 10.2. The Morgan fingerprint density at radius 1 is 1.20 bits per heavy atom. The molecule has 0 saturated carbocycles. The van der Waals surface area contributed by atoms with E-state index in [-0.39, 0.29) is 6.42 Å². The number of aliphatic hydroxyl groups excluding tert-OH is 1. The molecule has 5 atom stereocenters. The quantitative estimate of drug-likeness (QED) is 0.223. The van der Waals surface area contributed by atoms with Gasteiger partial charge in [-0.3, -0.25) is 18.9 Å². The van der Waals surface area contributed by atoms with Crippen LogP contribution in [0.15, 0.2) is 15.8 Å². The molecule has 1 fully saturated rings. The third-order valence-electron chi connectivity index (χ3n) is 3.42. The van der Waals surface area contributed by atoms with Crippen molar-refractivity contribution >= 4 is 23.5 Å². The summed E-state index contributed by atoms with van der Waals surface area (Å²) in [5, 5.41) is 18.8. The number of phosphoric acid groups is 3. The molecule has 2 unspecified atom stereocenters. The van der Waals surface area contributed by atoms with Gasteiger partial charge in [0, 0.05) is 12.6 Å². The van der Waals surface area contributed by atoms with E-state index in [0.717, 1.165) is 10.8 Å². The molecule has 0 radical (unpaired) electrons. The van der Waals surface area contributed by atoms with E-state index >= 15 is 0 Å². The summed E-state index contributed by atoms with van der Waals surface area (Å²) < 4.78 is 51.0. The summed E-state index contributed by atoms with van der Waals surface area (Å²) in [7, 11) is -16.7. The Hall–Kier alpha value is -1.50. The lowest BCUT2D eigenvalue weighted by Gasteiger charge is -2.19. The topological polar surface area (TPSA) is 268 Å². The largest absolute Gasteiger partial charge is 0.490 e. The Morgan fingerprint density at radius 3 is 2.40 bits per heavy atom. The van der Waals surface area contributed by atoms with Crippen molar-refractivity contribution in [3.8, 4) is 6.07 Å². The van der Waals surface area contributed by atoms with Crippen molar-refractivity contribution in [2.45, 2.75) is 24.9 Å². The average molecular weight is 493 g/mol. The molecule has 1 aliphatic rings. The number of rotatable bonds is 8. The molecule has 20 heteroatoms. The predicted octanol–water partition coefficient (Wildman–Crippen LogP) is -1.60. The van der Waals surface area contributed by atoms with E-state index in [1.165, 1.54) is 0 Å². The molecule has 1 aromatic rings. The summed E-state index contributed by atoms with van der Waals surface area (Å²) in [5.74, 6) is 0. The Bertz CT molecular complexity index is 1100. The number of phosphoric ester groups is 1. The van der Waals surface area contributed by atoms with Gasteiger partial charge in [-0.15, -0.1) is 0 Å². The van der Waals surface area contributed by atoms with Gasteiger partial charge in [-0.25, -0.2) is 18.5 Å². The minimum atomic E-state index is -5.71. The van der Waals surface area contributed by atoms with Gasteiger partial charge in [0.15, 0.2) is 0 Å². The van der Waals surface area contributed by atoms with Crippen LogP contribution in [0.4, 0.5) is 0 Å². The maximum absolute atomic E-state index is 11.9. The summed E-state index contributed by atoms with van der Waals surface area (Å²) in [4.78, 5) is 60.5. The van der Waals surface area contributed by atoms with Crippen molar-refractivity contribution in [3.63, 3.8) is 0 Å². The van der Waals surface area contributed by atoms with Gasteiger partial charge in [-0.2, -0.15) is 13.9 Å². The number of hydrogen-bond donors (Lipinski definition) is 6. The van der Waals surface area contributed by atoms with E-state index in [9.17, 15) is 33.3 Å². The minimum absolute atomic E-state index is 0.277. The minimum Gasteiger partial charge on any atom is -0.390 e. The highest BCUT2D eigenvalue weighted by molar-refractivity contribution is 7.66. The van der Waals surface area contributed by atoms with Crippen LogP contribution >= 0.6 is 23.5 Å². The summed E-state index contributed by atoms with van der Waals surface area (Å²) >= 11 is 0. The number of aromatic amines is 1. The van der Waals surface area contributed by atoms with Gasteiger partial charge in [0.05, 0.1) is 12.7 Å². The molecule has 0 bridgehead atoms. The van der Waals surface area contributed by atoms with Crippen LogP contribution in [-0.4, -0.2) is 53.0 Å². The molecular weight excluding hydrogens is 479 g/mol. The zero-order valence-corrected chi connectivity index (χ0v) is 17.1. The average Bonchev–Trinajstić information content (AvgIpc) is 2.90. The third-order valence-corrected chi connectivity index (χ3v) is 7.22. The van der Waals surface area contributed by atoms with Crippen LogP contribution in [0.5, 0.6) is 0 Å². The summed E-state index contributed by atoms with van der Waals surface area (Å²) in [6, 6.07) is 1.54. The predicted molar refractivity (Wildman–Crippen MR) is 90.4 cm³/mol. The highest BCUT2D eigenvalue weighted by atomic mass is 31.3. The van der Waals surface area contributed by atoms with Crippen molar-refractivity contribution in [2.24, 2.45) is 0 Å². The Kier molecular flexibility index (Phi) is 7.37. The van der Waals surface area contributed by atoms with E-state index < -0.39 is 65.3 Å². The molecule has 1 saturated heterocycles. The normalized spacial score (nSPS) is 25.9. The molecule has 0 spiro atoms. The second kappa shape index (κ2) is 8.93. The second-order valence-electron chi connectivity index (χ2n) is 5.64. The van der Waals surface area contributed by atoms with Crippen molar-refractivity contribution in [1.82, 2.24) is 9.55 Å². The maximum atomic E-state index is 11.9. The number of ether oxygens (including phenoxy) is 1. The van der Waals surface area contributed by atoms with Crippen LogP contribution in [0.3, 0.4) is 0 Å². The second-order valence-corrected chi connectivity index (χ2v) is 10.1. The van der Waals surface area contributed by atoms with Crippen molar-refractivity contribution < 1.29 is 56.3 Å². The van der Waals surface area contributed by atoms with E-state index in [4.69, 9.17) is 24.7 Å². The van der Waals surface area contributed by atoms with Crippen LogP contribution in [-0.2, 0) is 31.6 Å². The molecule has 168 valence electrons. The third kappa shape index (κ3) is 6.76. The molecule has 2 rings (SSSR count). The zero-order chi connectivity index (χ0) is 22.9. The SMILES string of the molecule is N#Cc1cn([C@H]2C[C@H](O)[C@@H](COP(=O)(O)OP(=O)(O)OP(=O)(O)O)O2)c(=O)[nH]c1=O. The van der Waals surface area contributed by atoms with Crippen molar-refractivity contribution in [3.05, 3.63) is 32.6 Å². The highest BCUT2D eigenvalue weighted by Crippen LogP contribution is 2.66. The maximum Gasteiger partial charge on any atom is 0.490 e. The number of aromatic nitrogens is 2. The van der Waals surface area contributed by atoms with Gasteiger partial charge in [0.25, 0.3) is 5.56 Å². The van der Waals surface area contributed by atoms with Crippen LogP contribution < -0.4 is 11.2 Å². The number of nitrogens with one attached hydrogen (secondary N) is 1. The van der Waals surface area contributed by atoms with E-state index in [2.05, 4.69) is 13.1 Å². The molecular formula is C10H14N3O14P3. The molecule has 0 aliphatic carbocycles. The molecule has 1 aliphatic heterocycles. The molecule has 17 nitrogen and oxygen atoms in total. The summed E-state index contributed by atoms with van der Waals surface area (Å²) in [5.41, 5.74) is -2.34. The van der Waals surface area contributed by atoms with E-state index in [1.54, 1.807) is 6.07 Å². The fourth-order valence-electron chi connectivity index (χ4n) is 2.29. The smallest absolute Gasteiger partial charge is 0.390 e. The standard InChI is InChI=1S/C10H14N3O14P3/c11-2-5-3-13(10(16)12-9(5)15)8-1-6(14)7(25-8)4-24-29(20,21)27-30(22,23)26-28(17,18)19/h3,6-8,14H,1,4H2,(H,20,21)(H,22,23)(H,12,15,16)(H2,17,18,19)/t6-,7+,8+/m0/s1. The fraction of sp³-hybridized carbons (Fsp3) is 0.500.